The second-order valence-corrected chi connectivity index (χ2v) is 3.69. The summed E-state index contributed by atoms with van der Waals surface area (Å²) in [5.74, 6) is 1.41. The molecule has 0 saturated heterocycles. The van der Waals surface area contributed by atoms with Crippen LogP contribution in [0.4, 0.5) is 5.95 Å². The first kappa shape index (κ1) is 11.5. The molecule has 0 aliphatic rings. The molecule has 1 heterocycles. The highest BCUT2D eigenvalue weighted by Gasteiger charge is 2.27. The van der Waals surface area contributed by atoms with E-state index in [1.165, 1.54) is 0 Å². The lowest BCUT2D eigenvalue weighted by Crippen LogP contribution is -2.42. The Bertz CT molecular complexity index is 275. The molecule has 0 aliphatic carbocycles. The molecule has 1 aromatic rings. The van der Waals surface area contributed by atoms with E-state index in [0.29, 0.717) is 17.7 Å². The van der Waals surface area contributed by atoms with Crippen molar-refractivity contribution in [3.8, 4) is 0 Å². The Balaban J connectivity index is 2.79. The molecule has 80 valence electrons. The average molecular weight is 238 g/mol. The molecule has 0 aliphatic heterocycles. The SMILES string of the molecule is CCC(CCl)(CCl)Nc1nnnn1C. The summed E-state index contributed by atoms with van der Waals surface area (Å²) in [5.41, 5.74) is -0.342. The highest BCUT2D eigenvalue weighted by atomic mass is 35.5. The van der Waals surface area contributed by atoms with Crippen molar-refractivity contribution in [2.45, 2.75) is 18.9 Å². The van der Waals surface area contributed by atoms with Gasteiger partial charge in [0.1, 0.15) is 0 Å². The van der Waals surface area contributed by atoms with Crippen molar-refractivity contribution in [3.63, 3.8) is 0 Å². The molecule has 1 N–H and O–H groups in total. The van der Waals surface area contributed by atoms with Gasteiger partial charge < -0.3 is 5.32 Å². The third kappa shape index (κ3) is 2.27. The van der Waals surface area contributed by atoms with Gasteiger partial charge >= 0.3 is 0 Å². The van der Waals surface area contributed by atoms with Crippen LogP contribution in [-0.2, 0) is 7.05 Å². The van der Waals surface area contributed by atoms with Gasteiger partial charge in [-0.25, -0.2) is 4.68 Å². The van der Waals surface area contributed by atoms with Crippen molar-refractivity contribution in [2.24, 2.45) is 7.05 Å². The third-order valence-corrected chi connectivity index (χ3v) is 3.21. The number of nitrogens with one attached hydrogen (secondary N) is 1. The van der Waals surface area contributed by atoms with Crippen molar-refractivity contribution in [1.29, 1.82) is 0 Å². The lowest BCUT2D eigenvalue weighted by atomic mass is 10.0. The number of aromatic nitrogens is 4. The van der Waals surface area contributed by atoms with Gasteiger partial charge in [0.2, 0.25) is 5.95 Å². The molecule has 0 saturated carbocycles. The van der Waals surface area contributed by atoms with Crippen molar-refractivity contribution >= 4 is 29.2 Å². The maximum absolute atomic E-state index is 5.87. The van der Waals surface area contributed by atoms with E-state index in [2.05, 4.69) is 20.8 Å². The van der Waals surface area contributed by atoms with Gasteiger partial charge in [-0.3, -0.25) is 0 Å². The fourth-order valence-corrected chi connectivity index (χ4v) is 1.75. The normalized spacial score (nSPS) is 11.7. The van der Waals surface area contributed by atoms with Crippen LogP contribution < -0.4 is 5.32 Å². The number of rotatable bonds is 5. The quantitative estimate of drug-likeness (QED) is 0.784. The molecule has 0 fully saturated rings. The first-order valence-electron chi connectivity index (χ1n) is 4.30. The topological polar surface area (TPSA) is 55.6 Å². The molecule has 0 aromatic carbocycles. The number of anilines is 1. The van der Waals surface area contributed by atoms with Crippen molar-refractivity contribution < 1.29 is 0 Å². The molecule has 1 rings (SSSR count). The van der Waals surface area contributed by atoms with Gasteiger partial charge in [-0.1, -0.05) is 12.0 Å². The lowest BCUT2D eigenvalue weighted by Gasteiger charge is -2.29. The molecular weight excluding hydrogens is 225 g/mol. The van der Waals surface area contributed by atoms with Crippen LogP contribution in [-0.4, -0.2) is 37.5 Å². The molecule has 0 radical (unpaired) electrons. The molecule has 0 spiro atoms. The molecule has 0 atom stereocenters. The Morgan fingerprint density at radius 3 is 2.43 bits per heavy atom. The van der Waals surface area contributed by atoms with Gasteiger partial charge in [-0.05, 0) is 16.8 Å². The maximum atomic E-state index is 5.87. The summed E-state index contributed by atoms with van der Waals surface area (Å²) >= 11 is 11.7. The van der Waals surface area contributed by atoms with Gasteiger partial charge in [0.25, 0.3) is 0 Å². The van der Waals surface area contributed by atoms with Crippen LogP contribution in [0.25, 0.3) is 0 Å². The summed E-state index contributed by atoms with van der Waals surface area (Å²) in [7, 11) is 1.76. The van der Waals surface area contributed by atoms with E-state index < -0.39 is 0 Å². The second-order valence-electron chi connectivity index (χ2n) is 3.15. The Morgan fingerprint density at radius 2 is 2.07 bits per heavy atom. The average Bonchev–Trinajstić information content (AvgIpc) is 2.61. The van der Waals surface area contributed by atoms with Crippen molar-refractivity contribution in [2.75, 3.05) is 17.1 Å². The molecule has 5 nitrogen and oxygen atoms in total. The zero-order valence-corrected chi connectivity index (χ0v) is 9.68. The number of nitrogens with zero attached hydrogens (tertiary/aromatic N) is 4. The van der Waals surface area contributed by atoms with Crippen LogP contribution >= 0.6 is 23.2 Å². The first-order valence-corrected chi connectivity index (χ1v) is 5.37. The smallest absolute Gasteiger partial charge is 0.243 e. The lowest BCUT2D eigenvalue weighted by molar-refractivity contribution is 0.548. The molecule has 0 unspecified atom stereocenters. The van der Waals surface area contributed by atoms with E-state index in [4.69, 9.17) is 23.2 Å². The monoisotopic (exact) mass is 237 g/mol. The fourth-order valence-electron chi connectivity index (χ4n) is 0.952. The molecule has 7 heteroatoms. The zero-order chi connectivity index (χ0) is 10.6. The molecule has 1 aromatic heterocycles. The number of halogens is 2. The molecule has 0 bridgehead atoms. The van der Waals surface area contributed by atoms with Crippen LogP contribution in [0.1, 0.15) is 13.3 Å². The second kappa shape index (κ2) is 4.79. The number of aryl methyl sites for hydroxylation is 1. The van der Waals surface area contributed by atoms with Gasteiger partial charge in [-0.2, -0.15) is 0 Å². The minimum atomic E-state index is -0.342. The highest BCUT2D eigenvalue weighted by molar-refractivity contribution is 6.22. The Hall–Kier alpha value is -0.550. The van der Waals surface area contributed by atoms with Gasteiger partial charge in [0, 0.05) is 18.8 Å². The van der Waals surface area contributed by atoms with Crippen LogP contribution in [0, 0.1) is 0 Å². The van der Waals surface area contributed by atoms with Crippen LogP contribution in [0.3, 0.4) is 0 Å². The van der Waals surface area contributed by atoms with Gasteiger partial charge in [0.05, 0.1) is 5.54 Å². The standard InChI is InChI=1S/C7H13Cl2N5/c1-3-7(4-8,5-9)10-6-11-12-13-14(6)2/h3-5H2,1-2H3,(H,10,11,13). The predicted molar refractivity (Wildman–Crippen MR) is 56.9 cm³/mol. The van der Waals surface area contributed by atoms with Crippen molar-refractivity contribution in [3.05, 3.63) is 0 Å². The molecule has 0 amide bonds. The third-order valence-electron chi connectivity index (χ3n) is 2.19. The van der Waals surface area contributed by atoms with E-state index >= 15 is 0 Å². The summed E-state index contributed by atoms with van der Waals surface area (Å²) in [6, 6.07) is 0. The largest absolute Gasteiger partial charge is 0.345 e. The zero-order valence-electron chi connectivity index (χ0n) is 8.17. The number of tetrazole rings is 1. The summed E-state index contributed by atoms with van der Waals surface area (Å²) in [4.78, 5) is 0. The van der Waals surface area contributed by atoms with Crippen LogP contribution in [0.2, 0.25) is 0 Å². The minimum absolute atomic E-state index is 0.342. The van der Waals surface area contributed by atoms with Crippen LogP contribution in [0.15, 0.2) is 0 Å². The van der Waals surface area contributed by atoms with Crippen LogP contribution in [0.5, 0.6) is 0 Å². The molecular formula is C7H13Cl2N5. The predicted octanol–water partition coefficient (Wildman–Crippen LogP) is 1.25. The Morgan fingerprint density at radius 1 is 1.43 bits per heavy atom. The number of hydrogen-bond acceptors (Lipinski definition) is 4. The fraction of sp³-hybridized carbons (Fsp3) is 0.857. The van der Waals surface area contributed by atoms with Crippen molar-refractivity contribution in [1.82, 2.24) is 20.2 Å². The summed E-state index contributed by atoms with van der Waals surface area (Å²) in [6.45, 7) is 2.02. The maximum Gasteiger partial charge on any atom is 0.243 e. The summed E-state index contributed by atoms with van der Waals surface area (Å²) in [6.07, 6.45) is 0.812. The Labute approximate surface area is 92.8 Å². The number of alkyl halides is 2. The first-order chi connectivity index (χ1) is 6.67. The Kier molecular flexibility index (Phi) is 3.95. The summed E-state index contributed by atoms with van der Waals surface area (Å²) in [5, 5.41) is 14.2. The van der Waals surface area contributed by atoms with E-state index in [9.17, 15) is 0 Å². The van der Waals surface area contributed by atoms with E-state index in [-0.39, 0.29) is 5.54 Å². The van der Waals surface area contributed by atoms with E-state index in [1.54, 1.807) is 11.7 Å². The highest BCUT2D eigenvalue weighted by Crippen LogP contribution is 2.19. The molecule has 14 heavy (non-hydrogen) atoms. The van der Waals surface area contributed by atoms with E-state index in [1.807, 2.05) is 6.92 Å². The van der Waals surface area contributed by atoms with Gasteiger partial charge in [-0.15, -0.1) is 23.2 Å². The summed E-state index contributed by atoms with van der Waals surface area (Å²) < 4.78 is 1.55. The number of hydrogen-bond donors (Lipinski definition) is 1. The minimum Gasteiger partial charge on any atom is -0.345 e. The van der Waals surface area contributed by atoms with E-state index in [0.717, 1.165) is 6.42 Å². The van der Waals surface area contributed by atoms with Gasteiger partial charge in [0.15, 0.2) is 0 Å².